The second-order valence-corrected chi connectivity index (χ2v) is 6.41. The summed E-state index contributed by atoms with van der Waals surface area (Å²) >= 11 is 0. The van der Waals surface area contributed by atoms with Crippen molar-refractivity contribution in [2.24, 2.45) is 0 Å². The molecule has 0 saturated heterocycles. The number of hydrogen-bond donors (Lipinski definition) is 2. The summed E-state index contributed by atoms with van der Waals surface area (Å²) in [6.07, 6.45) is 0. The monoisotopic (exact) mass is 358 g/mol. The van der Waals surface area contributed by atoms with Crippen molar-refractivity contribution in [1.82, 2.24) is 9.97 Å². The molecule has 0 amide bonds. The molecule has 3 aromatic carbocycles. The van der Waals surface area contributed by atoms with Crippen LogP contribution in [0.15, 0.2) is 66.7 Å². The van der Waals surface area contributed by atoms with Gasteiger partial charge < -0.3 is 10.6 Å². The lowest BCUT2D eigenvalue weighted by Crippen LogP contribution is -2.04. The maximum absolute atomic E-state index is 14.4. The van der Waals surface area contributed by atoms with Crippen LogP contribution in [0.3, 0.4) is 0 Å². The lowest BCUT2D eigenvalue weighted by Gasteiger charge is -2.14. The molecule has 0 aliphatic carbocycles. The minimum absolute atomic E-state index is 0.277. The van der Waals surface area contributed by atoms with Gasteiger partial charge in [-0.05, 0) is 49.2 Å². The molecule has 4 nitrogen and oxygen atoms in total. The average Bonchev–Trinajstić information content (AvgIpc) is 2.66. The summed E-state index contributed by atoms with van der Waals surface area (Å²) in [5.41, 5.74) is 4.22. The molecule has 0 bridgehead atoms. The second-order valence-electron chi connectivity index (χ2n) is 6.41. The Morgan fingerprint density at radius 1 is 0.704 bits per heavy atom. The van der Waals surface area contributed by atoms with Crippen molar-refractivity contribution in [3.8, 4) is 0 Å². The Labute approximate surface area is 157 Å². The Balaban J connectivity index is 1.83. The Kier molecular flexibility index (Phi) is 4.42. The van der Waals surface area contributed by atoms with E-state index in [0.717, 1.165) is 22.5 Å². The molecule has 1 aromatic heterocycles. The zero-order valence-electron chi connectivity index (χ0n) is 15.1. The Morgan fingerprint density at radius 2 is 1.33 bits per heavy atom. The van der Waals surface area contributed by atoms with Crippen molar-refractivity contribution < 1.29 is 4.39 Å². The fourth-order valence-electron chi connectivity index (χ4n) is 2.94. The zero-order valence-corrected chi connectivity index (χ0v) is 15.1. The van der Waals surface area contributed by atoms with Gasteiger partial charge in [0.05, 0.1) is 0 Å². The van der Waals surface area contributed by atoms with Crippen LogP contribution >= 0.6 is 0 Å². The number of hydrogen-bond acceptors (Lipinski definition) is 4. The highest BCUT2D eigenvalue weighted by atomic mass is 19.1. The SMILES string of the molecule is Cc1ccccc1Nc1nc(Nc2ccccc2C)c2cccc(F)c2n1. The number of rotatable bonds is 4. The first-order chi connectivity index (χ1) is 13.1. The van der Waals surface area contributed by atoms with E-state index in [2.05, 4.69) is 20.6 Å². The second kappa shape index (κ2) is 7.03. The fraction of sp³-hybridized carbons (Fsp3) is 0.0909. The van der Waals surface area contributed by atoms with Crippen LogP contribution in [0.4, 0.5) is 27.5 Å². The minimum Gasteiger partial charge on any atom is -0.339 e. The lowest BCUT2D eigenvalue weighted by molar-refractivity contribution is 0.636. The fourth-order valence-corrected chi connectivity index (χ4v) is 2.94. The van der Waals surface area contributed by atoms with Gasteiger partial charge in [-0.3, -0.25) is 0 Å². The van der Waals surface area contributed by atoms with Crippen molar-refractivity contribution in [3.63, 3.8) is 0 Å². The van der Waals surface area contributed by atoms with Crippen LogP contribution in [-0.4, -0.2) is 9.97 Å². The average molecular weight is 358 g/mol. The number of halogens is 1. The highest BCUT2D eigenvalue weighted by Gasteiger charge is 2.13. The largest absolute Gasteiger partial charge is 0.339 e. The van der Waals surface area contributed by atoms with Gasteiger partial charge in [-0.1, -0.05) is 42.5 Å². The molecular weight excluding hydrogens is 339 g/mol. The predicted molar refractivity (Wildman–Crippen MR) is 108 cm³/mol. The van der Waals surface area contributed by atoms with E-state index in [0.29, 0.717) is 17.2 Å². The third-order valence-corrected chi connectivity index (χ3v) is 4.47. The van der Waals surface area contributed by atoms with Crippen molar-refractivity contribution in [1.29, 1.82) is 0 Å². The molecule has 4 rings (SSSR count). The van der Waals surface area contributed by atoms with Crippen molar-refractivity contribution in [2.45, 2.75) is 13.8 Å². The van der Waals surface area contributed by atoms with Crippen LogP contribution in [0.25, 0.3) is 10.9 Å². The number of para-hydroxylation sites is 3. The van der Waals surface area contributed by atoms with Gasteiger partial charge in [0, 0.05) is 16.8 Å². The molecule has 2 N–H and O–H groups in total. The molecule has 0 saturated carbocycles. The maximum atomic E-state index is 14.4. The first kappa shape index (κ1) is 17.0. The van der Waals surface area contributed by atoms with Crippen molar-refractivity contribution >= 4 is 34.0 Å². The molecule has 0 aliphatic rings. The lowest BCUT2D eigenvalue weighted by atomic mass is 10.2. The quantitative estimate of drug-likeness (QED) is 0.479. The van der Waals surface area contributed by atoms with Gasteiger partial charge in [-0.15, -0.1) is 0 Å². The molecular formula is C22H19FN4. The van der Waals surface area contributed by atoms with Crippen LogP contribution in [-0.2, 0) is 0 Å². The molecule has 0 spiro atoms. The molecule has 4 aromatic rings. The van der Waals surface area contributed by atoms with Gasteiger partial charge in [0.2, 0.25) is 5.95 Å². The first-order valence-electron chi connectivity index (χ1n) is 8.73. The van der Waals surface area contributed by atoms with E-state index in [4.69, 9.17) is 0 Å². The number of nitrogens with one attached hydrogen (secondary N) is 2. The highest BCUT2D eigenvalue weighted by Crippen LogP contribution is 2.29. The van der Waals surface area contributed by atoms with Crippen LogP contribution in [0.5, 0.6) is 0 Å². The summed E-state index contributed by atoms with van der Waals surface area (Å²) < 4.78 is 14.4. The molecule has 0 aliphatic heterocycles. The van der Waals surface area contributed by atoms with Gasteiger partial charge in [0.15, 0.2) is 0 Å². The number of nitrogens with zero attached hydrogens (tertiary/aromatic N) is 2. The molecule has 1 heterocycles. The number of anilines is 4. The maximum Gasteiger partial charge on any atom is 0.229 e. The minimum atomic E-state index is -0.379. The third kappa shape index (κ3) is 3.44. The molecule has 5 heteroatoms. The summed E-state index contributed by atoms with van der Waals surface area (Å²) in [6.45, 7) is 4.01. The smallest absolute Gasteiger partial charge is 0.229 e. The number of aromatic nitrogens is 2. The zero-order chi connectivity index (χ0) is 18.8. The highest BCUT2D eigenvalue weighted by molar-refractivity contribution is 5.92. The number of fused-ring (bicyclic) bond motifs is 1. The molecule has 0 fully saturated rings. The Hall–Kier alpha value is -3.47. The number of aryl methyl sites for hydroxylation is 2. The normalized spacial score (nSPS) is 10.8. The van der Waals surface area contributed by atoms with E-state index < -0.39 is 0 Å². The van der Waals surface area contributed by atoms with Crippen LogP contribution in [0.1, 0.15) is 11.1 Å². The summed E-state index contributed by atoms with van der Waals surface area (Å²) in [5, 5.41) is 7.16. The van der Waals surface area contributed by atoms with Crippen LogP contribution in [0.2, 0.25) is 0 Å². The van der Waals surface area contributed by atoms with E-state index in [-0.39, 0.29) is 11.3 Å². The van der Waals surface area contributed by atoms with E-state index >= 15 is 0 Å². The summed E-state index contributed by atoms with van der Waals surface area (Å²) in [6, 6.07) is 20.6. The van der Waals surface area contributed by atoms with E-state index in [1.165, 1.54) is 6.07 Å². The van der Waals surface area contributed by atoms with Crippen molar-refractivity contribution in [2.75, 3.05) is 10.6 Å². The van der Waals surface area contributed by atoms with Gasteiger partial charge >= 0.3 is 0 Å². The van der Waals surface area contributed by atoms with E-state index in [1.807, 2.05) is 68.4 Å². The van der Waals surface area contributed by atoms with Gasteiger partial charge in [0.1, 0.15) is 17.2 Å². The summed E-state index contributed by atoms with van der Waals surface area (Å²) in [7, 11) is 0. The Morgan fingerprint density at radius 3 is 2.00 bits per heavy atom. The van der Waals surface area contributed by atoms with Gasteiger partial charge in [-0.2, -0.15) is 4.98 Å². The number of benzene rings is 3. The predicted octanol–water partition coefficient (Wildman–Crippen LogP) is 5.87. The van der Waals surface area contributed by atoms with Crippen molar-refractivity contribution in [3.05, 3.63) is 83.7 Å². The third-order valence-electron chi connectivity index (χ3n) is 4.47. The molecule has 27 heavy (non-hydrogen) atoms. The van der Waals surface area contributed by atoms with Gasteiger partial charge in [-0.25, -0.2) is 9.37 Å². The first-order valence-corrected chi connectivity index (χ1v) is 8.73. The molecule has 0 radical (unpaired) electrons. The molecule has 0 unspecified atom stereocenters. The van der Waals surface area contributed by atoms with Crippen LogP contribution < -0.4 is 10.6 Å². The summed E-state index contributed by atoms with van der Waals surface area (Å²) in [4.78, 5) is 9.01. The molecule has 0 atom stereocenters. The van der Waals surface area contributed by atoms with E-state index in [1.54, 1.807) is 6.07 Å². The van der Waals surface area contributed by atoms with Crippen LogP contribution in [0, 0.1) is 19.7 Å². The molecule has 134 valence electrons. The van der Waals surface area contributed by atoms with E-state index in [9.17, 15) is 4.39 Å². The summed E-state index contributed by atoms with van der Waals surface area (Å²) in [5.74, 6) is 0.526. The topological polar surface area (TPSA) is 49.8 Å². The van der Waals surface area contributed by atoms with Gasteiger partial charge in [0.25, 0.3) is 0 Å². The standard InChI is InChI=1S/C22H19FN4/c1-14-8-3-5-12-18(14)24-21-16-10-7-11-17(23)20(16)26-22(27-21)25-19-13-6-4-9-15(19)2/h3-13H,1-2H3,(H2,24,25,26,27). The Bertz CT molecular complexity index is 1120.